The fourth-order valence-electron chi connectivity index (χ4n) is 2.61. The first-order valence-electron chi connectivity index (χ1n) is 9.02. The molecule has 3 aromatic carbocycles. The number of hydrogen-bond acceptors (Lipinski definition) is 5. The molecule has 3 rings (SSSR count). The van der Waals surface area contributed by atoms with E-state index in [0.29, 0.717) is 28.2 Å². The van der Waals surface area contributed by atoms with E-state index < -0.39 is 5.97 Å². The van der Waals surface area contributed by atoms with Crippen molar-refractivity contribution in [1.29, 1.82) is 0 Å². The van der Waals surface area contributed by atoms with Crippen molar-refractivity contribution in [2.45, 2.75) is 6.92 Å². The fourth-order valence-corrected chi connectivity index (χ4v) is 2.99. The average Bonchev–Trinajstić information content (AvgIpc) is 2.75. The highest BCUT2D eigenvalue weighted by Gasteiger charge is 2.12. The molecule has 7 heteroatoms. The van der Waals surface area contributed by atoms with Crippen molar-refractivity contribution >= 4 is 34.0 Å². The highest BCUT2D eigenvalue weighted by atomic mass is 79.9. The van der Waals surface area contributed by atoms with Crippen LogP contribution in [-0.4, -0.2) is 25.2 Å². The zero-order chi connectivity index (χ0) is 21.5. The minimum atomic E-state index is -0.515. The summed E-state index contributed by atoms with van der Waals surface area (Å²) in [4.78, 5) is 24.7. The van der Waals surface area contributed by atoms with Crippen LogP contribution in [-0.2, 0) is 0 Å². The summed E-state index contributed by atoms with van der Waals surface area (Å²) in [5, 5.41) is 4.00. The first-order valence-corrected chi connectivity index (χ1v) is 9.81. The van der Waals surface area contributed by atoms with Gasteiger partial charge in [-0.25, -0.2) is 10.2 Å². The Bertz CT molecular complexity index is 1090. The van der Waals surface area contributed by atoms with Gasteiger partial charge >= 0.3 is 5.97 Å². The molecule has 0 aliphatic carbocycles. The summed E-state index contributed by atoms with van der Waals surface area (Å²) in [6.45, 7) is 1.91. The Balaban J connectivity index is 1.73. The van der Waals surface area contributed by atoms with Gasteiger partial charge < -0.3 is 9.47 Å². The topological polar surface area (TPSA) is 77.0 Å². The van der Waals surface area contributed by atoms with E-state index in [-0.39, 0.29) is 5.91 Å². The molecule has 0 heterocycles. The second kappa shape index (κ2) is 9.84. The lowest BCUT2D eigenvalue weighted by molar-refractivity contribution is 0.0734. The second-order valence-electron chi connectivity index (χ2n) is 6.37. The van der Waals surface area contributed by atoms with Gasteiger partial charge in [0.1, 0.15) is 11.5 Å². The number of ether oxygens (including phenoxy) is 2. The summed E-state index contributed by atoms with van der Waals surface area (Å²) in [6, 6.07) is 18.9. The Morgan fingerprint density at radius 2 is 1.77 bits per heavy atom. The van der Waals surface area contributed by atoms with E-state index >= 15 is 0 Å². The number of benzene rings is 3. The van der Waals surface area contributed by atoms with Crippen LogP contribution in [0.3, 0.4) is 0 Å². The quantitative estimate of drug-likeness (QED) is 0.246. The molecule has 3 aromatic rings. The van der Waals surface area contributed by atoms with Gasteiger partial charge in [0.05, 0.1) is 18.9 Å². The Labute approximate surface area is 182 Å². The molecule has 0 saturated carbocycles. The number of carbonyl (C=O) groups excluding carboxylic acids is 2. The van der Waals surface area contributed by atoms with Crippen LogP contribution in [0.25, 0.3) is 0 Å². The van der Waals surface area contributed by atoms with Crippen LogP contribution in [0, 0.1) is 6.92 Å². The summed E-state index contributed by atoms with van der Waals surface area (Å²) in [5.41, 5.74) is 4.87. The number of hydrogen-bond donors (Lipinski definition) is 1. The van der Waals surface area contributed by atoms with Gasteiger partial charge in [0.25, 0.3) is 5.91 Å². The van der Waals surface area contributed by atoms with Crippen LogP contribution in [0.5, 0.6) is 11.5 Å². The second-order valence-corrected chi connectivity index (χ2v) is 7.28. The van der Waals surface area contributed by atoms with E-state index in [1.807, 2.05) is 13.0 Å². The zero-order valence-corrected chi connectivity index (χ0v) is 18.0. The SMILES string of the molecule is COc1ccc(C(=O)Oc2ccc(Br)cc2/C=N/NC(=O)c2cccc(C)c2)cc1. The number of esters is 1. The summed E-state index contributed by atoms with van der Waals surface area (Å²) in [5.74, 6) is 0.111. The van der Waals surface area contributed by atoms with Crippen molar-refractivity contribution in [3.8, 4) is 11.5 Å². The lowest BCUT2D eigenvalue weighted by Crippen LogP contribution is -2.17. The van der Waals surface area contributed by atoms with E-state index in [2.05, 4.69) is 26.5 Å². The number of aryl methyl sites for hydroxylation is 1. The van der Waals surface area contributed by atoms with Crippen LogP contribution < -0.4 is 14.9 Å². The average molecular weight is 467 g/mol. The predicted molar refractivity (Wildman–Crippen MR) is 118 cm³/mol. The molecular formula is C23H19BrN2O4. The van der Waals surface area contributed by atoms with Gasteiger partial charge in [0, 0.05) is 15.6 Å². The van der Waals surface area contributed by atoms with Gasteiger partial charge in [-0.3, -0.25) is 4.79 Å². The van der Waals surface area contributed by atoms with Crippen LogP contribution in [0.2, 0.25) is 0 Å². The molecule has 0 aliphatic rings. The zero-order valence-electron chi connectivity index (χ0n) is 16.4. The molecule has 6 nitrogen and oxygen atoms in total. The molecule has 1 N–H and O–H groups in total. The largest absolute Gasteiger partial charge is 0.497 e. The van der Waals surface area contributed by atoms with Crippen LogP contribution >= 0.6 is 15.9 Å². The van der Waals surface area contributed by atoms with Crippen molar-refractivity contribution in [3.63, 3.8) is 0 Å². The van der Waals surface area contributed by atoms with Crippen molar-refractivity contribution < 1.29 is 19.1 Å². The van der Waals surface area contributed by atoms with Gasteiger partial charge in [-0.15, -0.1) is 0 Å². The maximum Gasteiger partial charge on any atom is 0.343 e. The van der Waals surface area contributed by atoms with E-state index in [1.54, 1.807) is 67.8 Å². The Morgan fingerprint density at radius 1 is 1.00 bits per heavy atom. The molecule has 1 amide bonds. The fraction of sp³-hybridized carbons (Fsp3) is 0.0870. The molecule has 0 aromatic heterocycles. The van der Waals surface area contributed by atoms with Crippen molar-refractivity contribution in [3.05, 3.63) is 93.5 Å². The first kappa shape index (κ1) is 21.3. The highest BCUT2D eigenvalue weighted by Crippen LogP contribution is 2.23. The van der Waals surface area contributed by atoms with Crippen molar-refractivity contribution in [1.82, 2.24) is 5.43 Å². The van der Waals surface area contributed by atoms with Crippen molar-refractivity contribution in [2.75, 3.05) is 7.11 Å². The van der Waals surface area contributed by atoms with Crippen molar-refractivity contribution in [2.24, 2.45) is 5.10 Å². The van der Waals surface area contributed by atoms with Gasteiger partial charge in [-0.05, 0) is 61.5 Å². The highest BCUT2D eigenvalue weighted by molar-refractivity contribution is 9.10. The minimum Gasteiger partial charge on any atom is -0.497 e. The molecule has 0 saturated heterocycles. The number of hydrazone groups is 1. The van der Waals surface area contributed by atoms with E-state index in [0.717, 1.165) is 10.0 Å². The molecule has 0 unspecified atom stereocenters. The molecular weight excluding hydrogens is 448 g/mol. The van der Waals surface area contributed by atoms with Crippen LogP contribution in [0.1, 0.15) is 31.8 Å². The molecule has 0 bridgehead atoms. The normalized spacial score (nSPS) is 10.6. The number of nitrogens with zero attached hydrogens (tertiary/aromatic N) is 1. The van der Waals surface area contributed by atoms with Crippen LogP contribution in [0.4, 0.5) is 0 Å². The summed E-state index contributed by atoms with van der Waals surface area (Å²) in [6.07, 6.45) is 1.43. The molecule has 0 radical (unpaired) electrons. The molecule has 0 fully saturated rings. The Kier molecular flexibility index (Phi) is 6.98. The molecule has 0 aliphatic heterocycles. The van der Waals surface area contributed by atoms with Gasteiger partial charge in [-0.1, -0.05) is 33.6 Å². The minimum absolute atomic E-state index is 0.313. The molecule has 0 spiro atoms. The standard InChI is InChI=1S/C23H19BrN2O4/c1-15-4-3-5-17(12-15)22(27)26-25-14-18-13-19(24)8-11-21(18)30-23(28)16-6-9-20(29-2)10-7-16/h3-14H,1-2H3,(H,26,27)/b25-14+. The van der Waals surface area contributed by atoms with E-state index in [4.69, 9.17) is 9.47 Å². The van der Waals surface area contributed by atoms with Gasteiger partial charge in [0.15, 0.2) is 0 Å². The number of nitrogens with one attached hydrogen (secondary N) is 1. The van der Waals surface area contributed by atoms with Gasteiger partial charge in [0.2, 0.25) is 0 Å². The summed E-state index contributed by atoms with van der Waals surface area (Å²) < 4.78 is 11.4. The van der Waals surface area contributed by atoms with E-state index in [1.165, 1.54) is 6.21 Å². The van der Waals surface area contributed by atoms with Crippen LogP contribution in [0.15, 0.2) is 76.3 Å². The first-order chi connectivity index (χ1) is 14.5. The molecule has 30 heavy (non-hydrogen) atoms. The number of halogens is 1. The number of amides is 1. The lowest BCUT2D eigenvalue weighted by Gasteiger charge is -2.08. The molecule has 152 valence electrons. The number of carbonyl (C=O) groups is 2. The third-order valence-electron chi connectivity index (χ3n) is 4.15. The van der Waals surface area contributed by atoms with E-state index in [9.17, 15) is 9.59 Å². The molecule has 0 atom stereocenters. The Hall–Kier alpha value is -3.45. The third kappa shape index (κ3) is 5.55. The Morgan fingerprint density at radius 3 is 2.47 bits per heavy atom. The summed E-state index contributed by atoms with van der Waals surface area (Å²) >= 11 is 3.39. The third-order valence-corrected chi connectivity index (χ3v) is 4.64. The monoisotopic (exact) mass is 466 g/mol. The number of rotatable bonds is 6. The lowest BCUT2D eigenvalue weighted by atomic mass is 10.1. The maximum atomic E-state index is 12.5. The smallest absolute Gasteiger partial charge is 0.343 e. The predicted octanol–water partition coefficient (Wildman–Crippen LogP) is 4.75. The summed E-state index contributed by atoms with van der Waals surface area (Å²) in [7, 11) is 1.55. The van der Waals surface area contributed by atoms with Gasteiger partial charge in [-0.2, -0.15) is 5.10 Å². The maximum absolute atomic E-state index is 12.5. The number of methoxy groups -OCH3 is 1.